The van der Waals surface area contributed by atoms with E-state index in [0.29, 0.717) is 5.57 Å². The van der Waals surface area contributed by atoms with Gasteiger partial charge in [0, 0.05) is 10.0 Å². The lowest BCUT2D eigenvalue weighted by Gasteiger charge is -2.16. The Bertz CT molecular complexity index is 984. The van der Waals surface area contributed by atoms with Gasteiger partial charge in [0.25, 0.3) is 0 Å². The molecule has 24 heavy (non-hydrogen) atoms. The summed E-state index contributed by atoms with van der Waals surface area (Å²) in [5, 5.41) is 9.33. The van der Waals surface area contributed by atoms with Gasteiger partial charge in [-0.3, -0.25) is 0 Å². The van der Waals surface area contributed by atoms with Crippen molar-refractivity contribution < 1.29 is 13.2 Å². The van der Waals surface area contributed by atoms with E-state index in [9.17, 15) is 13.7 Å². The van der Waals surface area contributed by atoms with Gasteiger partial charge in [0.1, 0.15) is 23.3 Å². The number of halogens is 1. The fraction of sp³-hybridized carbons (Fsp3) is 0.0556. The van der Waals surface area contributed by atoms with E-state index in [1.165, 1.54) is 18.2 Å². The van der Waals surface area contributed by atoms with Crippen LogP contribution >= 0.6 is 15.9 Å². The number of para-hydroxylation sites is 1. The number of nitriles is 1. The van der Waals surface area contributed by atoms with Crippen molar-refractivity contribution in [3.8, 4) is 11.8 Å². The highest BCUT2D eigenvalue weighted by atomic mass is 79.9. The summed E-state index contributed by atoms with van der Waals surface area (Å²) >= 11 is 3.26. The van der Waals surface area contributed by atoms with Crippen LogP contribution in [-0.4, -0.2) is 15.0 Å². The fourth-order valence-corrected chi connectivity index (χ4v) is 3.74. The monoisotopic (exact) mass is 401 g/mol. The van der Waals surface area contributed by atoms with Crippen LogP contribution in [0.2, 0.25) is 0 Å². The van der Waals surface area contributed by atoms with Gasteiger partial charge >= 0.3 is 0 Å². The van der Waals surface area contributed by atoms with Crippen molar-refractivity contribution in [2.45, 2.75) is 4.90 Å². The van der Waals surface area contributed by atoms with Gasteiger partial charge in [-0.15, -0.1) is 0 Å². The van der Waals surface area contributed by atoms with Crippen molar-refractivity contribution in [3.63, 3.8) is 0 Å². The molecule has 1 aliphatic heterocycles. The zero-order chi connectivity index (χ0) is 17.2. The van der Waals surface area contributed by atoms with E-state index >= 15 is 0 Å². The molecule has 0 saturated carbocycles. The van der Waals surface area contributed by atoms with Crippen LogP contribution in [-0.2, 0) is 9.84 Å². The first-order valence-electron chi connectivity index (χ1n) is 7.05. The summed E-state index contributed by atoms with van der Waals surface area (Å²) in [5.74, 6) is 0.740. The molecule has 0 unspecified atom stereocenters. The lowest BCUT2D eigenvalue weighted by Crippen LogP contribution is -2.09. The van der Waals surface area contributed by atoms with Crippen LogP contribution in [0.1, 0.15) is 5.56 Å². The minimum atomic E-state index is -3.86. The van der Waals surface area contributed by atoms with Crippen molar-refractivity contribution in [1.82, 2.24) is 0 Å². The maximum Gasteiger partial charge on any atom is 0.216 e. The second-order valence-electron chi connectivity index (χ2n) is 5.12. The molecule has 0 aliphatic carbocycles. The van der Waals surface area contributed by atoms with Gasteiger partial charge in [-0.25, -0.2) is 8.42 Å². The van der Waals surface area contributed by atoms with Crippen LogP contribution in [0.3, 0.4) is 0 Å². The smallest absolute Gasteiger partial charge is 0.216 e. The van der Waals surface area contributed by atoms with E-state index in [1.54, 1.807) is 18.2 Å². The van der Waals surface area contributed by atoms with Crippen LogP contribution in [0.25, 0.3) is 6.08 Å². The first-order chi connectivity index (χ1) is 11.5. The third kappa shape index (κ3) is 3.28. The average Bonchev–Trinajstić information content (AvgIpc) is 2.59. The predicted octanol–water partition coefficient (Wildman–Crippen LogP) is 4.11. The molecule has 0 radical (unpaired) electrons. The summed E-state index contributed by atoms with van der Waals surface area (Å²) in [4.78, 5) is -0.227. The summed E-state index contributed by atoms with van der Waals surface area (Å²) < 4.78 is 31.6. The lowest BCUT2D eigenvalue weighted by atomic mass is 10.1. The number of benzene rings is 2. The van der Waals surface area contributed by atoms with E-state index in [2.05, 4.69) is 15.9 Å². The third-order valence-corrected chi connectivity index (χ3v) is 5.70. The Hall–Kier alpha value is -2.36. The van der Waals surface area contributed by atoms with Crippen molar-refractivity contribution in [3.05, 3.63) is 75.1 Å². The van der Waals surface area contributed by atoms with Gasteiger partial charge in [0.15, 0.2) is 0 Å². The van der Waals surface area contributed by atoms with Crippen LogP contribution < -0.4 is 4.74 Å². The topological polar surface area (TPSA) is 67.2 Å². The van der Waals surface area contributed by atoms with Gasteiger partial charge < -0.3 is 4.74 Å². The van der Waals surface area contributed by atoms with E-state index in [0.717, 1.165) is 15.8 Å². The molecule has 0 atom stereocenters. The minimum Gasteiger partial charge on any atom is -0.488 e. The van der Waals surface area contributed by atoms with Gasteiger partial charge in [-0.1, -0.05) is 34.1 Å². The standard InChI is InChI=1S/C18H12BrNO3S/c19-15-5-7-16(8-6-15)24(21,22)17(11-20)10-13-9-14-3-1-2-4-18(14)23-12-13/h1-10H,12H2. The van der Waals surface area contributed by atoms with Crippen molar-refractivity contribution in [2.24, 2.45) is 0 Å². The van der Waals surface area contributed by atoms with E-state index in [4.69, 9.17) is 4.74 Å². The summed E-state index contributed by atoms with van der Waals surface area (Å²) in [6.07, 6.45) is 3.20. The molecule has 2 aromatic carbocycles. The van der Waals surface area contributed by atoms with Crippen LogP contribution in [0.4, 0.5) is 0 Å². The Morgan fingerprint density at radius 3 is 2.58 bits per heavy atom. The molecule has 2 aromatic rings. The van der Waals surface area contributed by atoms with Crippen molar-refractivity contribution in [1.29, 1.82) is 5.26 Å². The van der Waals surface area contributed by atoms with E-state index < -0.39 is 9.84 Å². The second kappa shape index (κ2) is 6.63. The fourth-order valence-electron chi connectivity index (χ4n) is 2.30. The van der Waals surface area contributed by atoms with Gasteiger partial charge in [-0.2, -0.15) is 5.26 Å². The quantitative estimate of drug-likeness (QED) is 0.725. The van der Waals surface area contributed by atoms with E-state index in [-0.39, 0.29) is 16.4 Å². The SMILES string of the molecule is N#CC(=CC1=Cc2ccccc2OC1)S(=O)(=O)c1ccc(Br)cc1. The average molecular weight is 402 g/mol. The molecule has 1 heterocycles. The van der Waals surface area contributed by atoms with Gasteiger partial charge in [0.2, 0.25) is 9.84 Å². The molecule has 0 saturated heterocycles. The van der Waals surface area contributed by atoms with Crippen LogP contribution in [0.15, 0.2) is 74.5 Å². The molecule has 0 bridgehead atoms. The van der Waals surface area contributed by atoms with Crippen LogP contribution in [0, 0.1) is 11.3 Å². The normalized spacial score (nSPS) is 14.2. The molecule has 0 aromatic heterocycles. The third-order valence-electron chi connectivity index (χ3n) is 3.49. The molecule has 3 rings (SSSR count). The summed E-state index contributed by atoms with van der Waals surface area (Å²) in [7, 11) is -3.86. The highest BCUT2D eigenvalue weighted by Gasteiger charge is 2.22. The molecule has 120 valence electrons. The molecule has 6 heteroatoms. The zero-order valence-electron chi connectivity index (χ0n) is 12.4. The highest BCUT2D eigenvalue weighted by molar-refractivity contribution is 9.10. The largest absolute Gasteiger partial charge is 0.488 e. The molecule has 0 amide bonds. The first kappa shape index (κ1) is 16.5. The van der Waals surface area contributed by atoms with Gasteiger partial charge in [0.05, 0.1) is 4.90 Å². The molecular formula is C18H12BrNO3S. The number of hydrogen-bond donors (Lipinski definition) is 0. The Kier molecular flexibility index (Phi) is 4.56. The zero-order valence-corrected chi connectivity index (χ0v) is 14.8. The number of hydrogen-bond acceptors (Lipinski definition) is 4. The number of allylic oxidation sites excluding steroid dienone is 1. The lowest BCUT2D eigenvalue weighted by molar-refractivity contribution is 0.351. The molecule has 1 aliphatic rings. The number of nitrogens with zero attached hydrogens (tertiary/aromatic N) is 1. The Labute approximate surface area is 148 Å². The Morgan fingerprint density at radius 1 is 1.17 bits per heavy atom. The van der Waals surface area contributed by atoms with Crippen molar-refractivity contribution in [2.75, 3.05) is 6.61 Å². The summed E-state index contributed by atoms with van der Waals surface area (Å²) in [5.41, 5.74) is 1.49. The number of ether oxygens (including phenoxy) is 1. The first-order valence-corrected chi connectivity index (χ1v) is 9.33. The number of rotatable bonds is 3. The van der Waals surface area contributed by atoms with Crippen molar-refractivity contribution >= 4 is 31.8 Å². The van der Waals surface area contributed by atoms with E-state index in [1.807, 2.05) is 30.3 Å². The predicted molar refractivity (Wildman–Crippen MR) is 94.9 cm³/mol. The maximum atomic E-state index is 12.6. The summed E-state index contributed by atoms with van der Waals surface area (Å²) in [6.45, 7) is 0.220. The maximum absolute atomic E-state index is 12.6. The molecule has 0 fully saturated rings. The molecular weight excluding hydrogens is 390 g/mol. The molecule has 0 spiro atoms. The second-order valence-corrected chi connectivity index (χ2v) is 7.96. The Balaban J connectivity index is 2.00. The molecule has 0 N–H and O–H groups in total. The van der Waals surface area contributed by atoms with Gasteiger partial charge in [-0.05, 0) is 48.1 Å². The molecule has 4 nitrogen and oxygen atoms in total. The minimum absolute atomic E-state index is 0.0798. The number of fused-ring (bicyclic) bond motifs is 1. The summed E-state index contributed by atoms with van der Waals surface area (Å²) in [6, 6.07) is 15.4. The van der Waals surface area contributed by atoms with Crippen LogP contribution in [0.5, 0.6) is 5.75 Å². The number of sulfone groups is 1. The Morgan fingerprint density at radius 2 is 1.88 bits per heavy atom. The highest BCUT2D eigenvalue weighted by Crippen LogP contribution is 2.28.